The van der Waals surface area contributed by atoms with Crippen LogP contribution in [0.1, 0.15) is 303 Å². The molecule has 1 aliphatic rings. The molecular weight excluding hydrogens is 955 g/mol. The molecule has 1 heterocycles. The molecule has 0 bridgehead atoms. The summed E-state index contributed by atoms with van der Waals surface area (Å²) in [6, 6.07) is -0.808. The summed E-state index contributed by atoms with van der Waals surface area (Å²) in [5, 5.41) is 54.2. The molecule has 0 aromatic rings. The van der Waals surface area contributed by atoms with Crippen molar-refractivity contribution < 1.29 is 49.3 Å². The van der Waals surface area contributed by atoms with Crippen molar-refractivity contribution in [2.24, 2.45) is 0 Å². The summed E-state index contributed by atoms with van der Waals surface area (Å²) >= 11 is 0. The molecule has 76 heavy (non-hydrogen) atoms. The zero-order valence-corrected chi connectivity index (χ0v) is 49.2. The molecule has 0 radical (unpaired) electrons. The van der Waals surface area contributed by atoms with Crippen LogP contribution in [0.15, 0.2) is 36.5 Å². The number of amides is 1. The molecule has 7 atom stereocenters. The Morgan fingerprint density at radius 3 is 1.30 bits per heavy atom. The Morgan fingerprint density at radius 2 is 0.855 bits per heavy atom. The summed E-state index contributed by atoms with van der Waals surface area (Å²) in [6.45, 7) is 4.29. The van der Waals surface area contributed by atoms with Gasteiger partial charge in [0.05, 0.1) is 32.0 Å². The van der Waals surface area contributed by atoms with Crippen LogP contribution in [-0.2, 0) is 23.8 Å². The molecule has 0 aliphatic carbocycles. The number of carbonyl (C=O) groups excluding carboxylic acids is 2. The van der Waals surface area contributed by atoms with Crippen LogP contribution >= 0.6 is 0 Å². The molecule has 6 N–H and O–H groups in total. The number of esters is 1. The number of nitrogens with one attached hydrogen (secondary N) is 1. The Kier molecular flexibility index (Phi) is 51.9. The number of aliphatic hydroxyl groups excluding tert-OH is 5. The maximum Gasteiger partial charge on any atom is 0.305 e. The highest BCUT2D eigenvalue weighted by Gasteiger charge is 2.44. The smallest absolute Gasteiger partial charge is 0.305 e. The lowest BCUT2D eigenvalue weighted by Gasteiger charge is -2.40. The summed E-state index contributed by atoms with van der Waals surface area (Å²) < 4.78 is 16.7. The third kappa shape index (κ3) is 43.7. The number of aliphatic hydroxyl groups is 5. The third-order valence-corrected chi connectivity index (χ3v) is 15.2. The molecule has 11 nitrogen and oxygen atoms in total. The molecule has 11 heteroatoms. The van der Waals surface area contributed by atoms with Gasteiger partial charge in [0.25, 0.3) is 0 Å². The first-order chi connectivity index (χ1) is 37.2. The van der Waals surface area contributed by atoms with Crippen LogP contribution in [0, 0.1) is 0 Å². The zero-order chi connectivity index (χ0) is 55.2. The Bertz CT molecular complexity index is 1360. The first-order valence-corrected chi connectivity index (χ1v) is 32.3. The van der Waals surface area contributed by atoms with E-state index in [1.165, 1.54) is 218 Å². The molecule has 0 aromatic heterocycles. The molecule has 1 saturated heterocycles. The highest BCUT2D eigenvalue weighted by atomic mass is 16.7. The summed E-state index contributed by atoms with van der Waals surface area (Å²) in [4.78, 5) is 25.0. The maximum atomic E-state index is 13.0. The van der Waals surface area contributed by atoms with Crippen molar-refractivity contribution in [2.45, 2.75) is 346 Å². The summed E-state index contributed by atoms with van der Waals surface area (Å²) in [6.07, 6.45) is 58.5. The standard InChI is InChI=1S/C65H121NO10/c1-3-5-7-9-11-13-32-37-41-45-49-53-61(70)74-54-50-46-42-38-34-31-29-27-25-23-21-19-17-15-14-16-18-20-22-24-26-28-30-33-36-40-44-48-52-60(69)66-57(58(68)51-47-43-39-35-12-10-8-6-4-2)56-75-65-64(73)63(72)62(71)59(55-67)76-65/h9,11,14-15,47,51,57-59,62-65,67-68,71-73H,3-8,10,12-13,16-46,48-50,52-56H2,1-2H3,(H,66,69)/b11-9-,15-14-,51-47+. The average molecular weight is 1080 g/mol. The van der Waals surface area contributed by atoms with Crippen LogP contribution in [0.2, 0.25) is 0 Å². The number of hydrogen-bond acceptors (Lipinski definition) is 10. The van der Waals surface area contributed by atoms with Gasteiger partial charge in [0.15, 0.2) is 6.29 Å². The summed E-state index contributed by atoms with van der Waals surface area (Å²) in [7, 11) is 0. The van der Waals surface area contributed by atoms with Gasteiger partial charge in [-0.25, -0.2) is 0 Å². The van der Waals surface area contributed by atoms with Gasteiger partial charge in [-0.15, -0.1) is 0 Å². The SMILES string of the molecule is CCCC/C=C\CCCCCCCC(=O)OCCCCCCCCCCCCCC/C=C\CCCCCCCCCCCCCCC(=O)NC(COC1OC(CO)C(O)C(O)C1O)C(O)/C=C/CCCCCCCCC. The Morgan fingerprint density at radius 1 is 0.474 bits per heavy atom. The maximum absolute atomic E-state index is 13.0. The van der Waals surface area contributed by atoms with Crippen molar-refractivity contribution in [3.8, 4) is 0 Å². The molecule has 1 rings (SSSR count). The van der Waals surface area contributed by atoms with Gasteiger partial charge in [-0.05, 0) is 77.0 Å². The normalized spacial score (nSPS) is 18.9. The molecule has 7 unspecified atom stereocenters. The van der Waals surface area contributed by atoms with E-state index in [4.69, 9.17) is 14.2 Å². The van der Waals surface area contributed by atoms with E-state index < -0.39 is 49.5 Å². The summed E-state index contributed by atoms with van der Waals surface area (Å²) in [5.74, 6) is -0.188. The second-order valence-corrected chi connectivity index (χ2v) is 22.5. The van der Waals surface area contributed by atoms with E-state index in [1.54, 1.807) is 6.08 Å². The fraction of sp³-hybridized carbons (Fsp3) is 0.877. The van der Waals surface area contributed by atoms with E-state index in [2.05, 4.69) is 43.5 Å². The predicted molar refractivity (Wildman–Crippen MR) is 315 cm³/mol. The van der Waals surface area contributed by atoms with Crippen molar-refractivity contribution in [3.63, 3.8) is 0 Å². The topological polar surface area (TPSA) is 175 Å². The van der Waals surface area contributed by atoms with Gasteiger partial charge in [0.2, 0.25) is 5.91 Å². The van der Waals surface area contributed by atoms with Crippen molar-refractivity contribution >= 4 is 11.9 Å². The van der Waals surface area contributed by atoms with Gasteiger partial charge < -0.3 is 45.1 Å². The molecular formula is C65H121NO10. The molecule has 0 spiro atoms. The van der Waals surface area contributed by atoms with Crippen molar-refractivity contribution in [1.82, 2.24) is 5.32 Å². The number of hydrogen-bond donors (Lipinski definition) is 6. The quantitative estimate of drug-likeness (QED) is 0.0195. The second kappa shape index (κ2) is 54.8. The van der Waals surface area contributed by atoms with Crippen LogP contribution in [0.5, 0.6) is 0 Å². The van der Waals surface area contributed by atoms with Crippen molar-refractivity contribution in [1.29, 1.82) is 0 Å². The zero-order valence-electron chi connectivity index (χ0n) is 49.2. The fourth-order valence-electron chi connectivity index (χ4n) is 10.1. The van der Waals surface area contributed by atoms with Gasteiger partial charge in [-0.3, -0.25) is 9.59 Å². The number of unbranched alkanes of at least 4 members (excludes halogenated alkanes) is 38. The van der Waals surface area contributed by atoms with Crippen molar-refractivity contribution in [3.05, 3.63) is 36.5 Å². The van der Waals surface area contributed by atoms with Gasteiger partial charge in [-0.2, -0.15) is 0 Å². The number of rotatable bonds is 56. The molecule has 1 fully saturated rings. The third-order valence-electron chi connectivity index (χ3n) is 15.2. The van der Waals surface area contributed by atoms with Gasteiger partial charge in [0, 0.05) is 12.8 Å². The minimum Gasteiger partial charge on any atom is -0.466 e. The van der Waals surface area contributed by atoms with E-state index in [0.717, 1.165) is 57.8 Å². The monoisotopic (exact) mass is 1080 g/mol. The fourth-order valence-corrected chi connectivity index (χ4v) is 10.1. The second-order valence-electron chi connectivity index (χ2n) is 22.5. The number of ether oxygens (including phenoxy) is 3. The minimum absolute atomic E-state index is 0.00461. The average Bonchev–Trinajstić information content (AvgIpc) is 3.42. The first-order valence-electron chi connectivity index (χ1n) is 32.3. The van der Waals surface area contributed by atoms with Crippen LogP contribution < -0.4 is 5.32 Å². The highest BCUT2D eigenvalue weighted by molar-refractivity contribution is 5.76. The largest absolute Gasteiger partial charge is 0.466 e. The van der Waals surface area contributed by atoms with E-state index in [0.29, 0.717) is 19.4 Å². The molecule has 446 valence electrons. The van der Waals surface area contributed by atoms with E-state index in [1.807, 2.05) is 6.08 Å². The molecule has 1 amide bonds. The van der Waals surface area contributed by atoms with E-state index >= 15 is 0 Å². The Balaban J connectivity index is 1.96. The molecule has 0 aromatic carbocycles. The van der Waals surface area contributed by atoms with Crippen LogP contribution in [0.25, 0.3) is 0 Å². The molecule has 0 saturated carbocycles. The number of carbonyl (C=O) groups is 2. The van der Waals surface area contributed by atoms with Crippen molar-refractivity contribution in [2.75, 3.05) is 19.8 Å². The van der Waals surface area contributed by atoms with Gasteiger partial charge in [-0.1, -0.05) is 249 Å². The Hall–Kier alpha value is -2.12. The molecule has 1 aliphatic heterocycles. The minimum atomic E-state index is -1.57. The summed E-state index contributed by atoms with van der Waals surface area (Å²) in [5.41, 5.74) is 0. The van der Waals surface area contributed by atoms with Gasteiger partial charge in [0.1, 0.15) is 24.4 Å². The number of allylic oxidation sites excluding steroid dienone is 5. The first kappa shape index (κ1) is 71.9. The van der Waals surface area contributed by atoms with E-state index in [9.17, 15) is 35.1 Å². The van der Waals surface area contributed by atoms with E-state index in [-0.39, 0.29) is 18.5 Å². The van der Waals surface area contributed by atoms with Crippen LogP contribution in [-0.4, -0.2) is 100 Å². The lowest BCUT2D eigenvalue weighted by molar-refractivity contribution is -0.302. The highest BCUT2D eigenvalue weighted by Crippen LogP contribution is 2.23. The van der Waals surface area contributed by atoms with Crippen LogP contribution in [0.3, 0.4) is 0 Å². The lowest BCUT2D eigenvalue weighted by Crippen LogP contribution is -2.60. The van der Waals surface area contributed by atoms with Crippen LogP contribution in [0.4, 0.5) is 0 Å². The van der Waals surface area contributed by atoms with Gasteiger partial charge >= 0.3 is 5.97 Å². The predicted octanol–water partition coefficient (Wildman–Crippen LogP) is 15.5. The Labute approximate surface area is 466 Å². The lowest BCUT2D eigenvalue weighted by atomic mass is 9.99.